The summed E-state index contributed by atoms with van der Waals surface area (Å²) in [6, 6.07) is 3.42. The Labute approximate surface area is 113 Å². The third-order valence-electron chi connectivity index (χ3n) is 3.77. The first-order chi connectivity index (χ1) is 9.11. The van der Waals surface area contributed by atoms with Crippen molar-refractivity contribution in [3.05, 3.63) is 34.2 Å². The molecule has 5 heteroatoms. The van der Waals surface area contributed by atoms with Crippen LogP contribution in [0.3, 0.4) is 0 Å². The van der Waals surface area contributed by atoms with Crippen molar-refractivity contribution in [3.8, 4) is 0 Å². The minimum Gasteiger partial charge on any atom is -0.340 e. The molecule has 2 rings (SSSR count). The number of amides is 1. The minimum atomic E-state index is -0.188. The van der Waals surface area contributed by atoms with E-state index in [1.165, 1.54) is 18.7 Å². The monoisotopic (exact) mass is 263 g/mol. The summed E-state index contributed by atoms with van der Waals surface area (Å²) in [6.07, 6.45) is 3.84. The van der Waals surface area contributed by atoms with Crippen molar-refractivity contribution in [1.82, 2.24) is 14.8 Å². The lowest BCUT2D eigenvalue weighted by molar-refractivity contribution is 0.0754. The lowest BCUT2D eigenvalue weighted by atomic mass is 10.2. The Kier molecular flexibility index (Phi) is 4.37. The zero-order valence-electron chi connectivity index (χ0n) is 11.6. The number of pyridine rings is 1. The van der Waals surface area contributed by atoms with Gasteiger partial charge in [-0.3, -0.25) is 14.5 Å². The Bertz CT molecular complexity index is 477. The van der Waals surface area contributed by atoms with E-state index >= 15 is 0 Å². The number of nitrogens with zero attached hydrogens (tertiary/aromatic N) is 2. The molecule has 0 spiro atoms. The molecule has 1 aromatic rings. The highest BCUT2D eigenvalue weighted by Gasteiger charge is 2.25. The van der Waals surface area contributed by atoms with E-state index < -0.39 is 0 Å². The Morgan fingerprint density at radius 1 is 1.53 bits per heavy atom. The normalized spacial score (nSPS) is 19.6. The van der Waals surface area contributed by atoms with Gasteiger partial charge in [0.2, 0.25) is 5.56 Å². The lowest BCUT2D eigenvalue weighted by Crippen LogP contribution is -2.41. The Morgan fingerprint density at radius 2 is 2.32 bits per heavy atom. The fraction of sp³-hybridized carbons (Fsp3) is 0.571. The topological polar surface area (TPSA) is 56.4 Å². The maximum atomic E-state index is 12.2. The number of likely N-dealkylation sites (tertiary alicyclic amines) is 1. The minimum absolute atomic E-state index is 0.0424. The molecule has 1 aliphatic heterocycles. The van der Waals surface area contributed by atoms with Crippen LogP contribution in [0.1, 0.15) is 30.1 Å². The molecule has 1 aromatic heterocycles. The van der Waals surface area contributed by atoms with Crippen LogP contribution >= 0.6 is 0 Å². The lowest BCUT2D eigenvalue weighted by Gasteiger charge is -2.27. The van der Waals surface area contributed by atoms with Gasteiger partial charge in [0.05, 0.1) is 5.56 Å². The number of hydrogen-bond donors (Lipinski definition) is 1. The molecule has 1 atom stereocenters. The maximum absolute atomic E-state index is 12.2. The molecule has 5 nitrogen and oxygen atoms in total. The summed E-state index contributed by atoms with van der Waals surface area (Å²) in [5, 5.41) is 0. The van der Waals surface area contributed by atoms with Crippen LogP contribution < -0.4 is 5.56 Å². The van der Waals surface area contributed by atoms with Gasteiger partial charge in [0.15, 0.2) is 0 Å². The number of H-pyrrole nitrogens is 1. The summed E-state index contributed by atoms with van der Waals surface area (Å²) in [4.78, 5) is 29.9. The van der Waals surface area contributed by atoms with E-state index in [1.54, 1.807) is 11.0 Å². The van der Waals surface area contributed by atoms with Crippen molar-refractivity contribution in [2.75, 3.05) is 26.7 Å². The summed E-state index contributed by atoms with van der Waals surface area (Å²) in [5.74, 6) is -0.0424. The molecule has 2 heterocycles. The number of aromatic amines is 1. The highest BCUT2D eigenvalue weighted by atomic mass is 16.2. The molecule has 1 fully saturated rings. The van der Waals surface area contributed by atoms with Gasteiger partial charge < -0.3 is 9.88 Å². The third-order valence-corrected chi connectivity index (χ3v) is 3.77. The van der Waals surface area contributed by atoms with Crippen LogP contribution in [0.2, 0.25) is 0 Å². The zero-order chi connectivity index (χ0) is 13.8. The van der Waals surface area contributed by atoms with Gasteiger partial charge in [0, 0.05) is 31.9 Å². The molecule has 0 saturated carbocycles. The van der Waals surface area contributed by atoms with Crippen molar-refractivity contribution in [2.24, 2.45) is 0 Å². The van der Waals surface area contributed by atoms with E-state index in [0.29, 0.717) is 11.6 Å². The molecule has 1 unspecified atom stereocenters. The number of carbonyl (C=O) groups excluding carboxylic acids is 1. The standard InChI is InChI=1S/C14H21N3O2/c1-3-17-8-4-5-12(17)10-16(2)14(19)11-6-7-13(18)15-9-11/h6-7,9,12H,3-5,8,10H2,1-2H3,(H,15,18). The largest absolute Gasteiger partial charge is 0.340 e. The zero-order valence-corrected chi connectivity index (χ0v) is 11.6. The van der Waals surface area contributed by atoms with Gasteiger partial charge in [-0.05, 0) is 32.0 Å². The first kappa shape index (κ1) is 13.8. The summed E-state index contributed by atoms with van der Waals surface area (Å²) < 4.78 is 0. The number of rotatable bonds is 4. The highest BCUT2D eigenvalue weighted by molar-refractivity contribution is 5.93. The first-order valence-electron chi connectivity index (χ1n) is 6.80. The molecule has 1 N–H and O–H groups in total. The molecule has 1 aliphatic rings. The Morgan fingerprint density at radius 3 is 2.95 bits per heavy atom. The van der Waals surface area contributed by atoms with Gasteiger partial charge in [-0.25, -0.2) is 0 Å². The quantitative estimate of drug-likeness (QED) is 0.879. The van der Waals surface area contributed by atoms with E-state index in [2.05, 4.69) is 16.8 Å². The average Bonchev–Trinajstić information content (AvgIpc) is 2.86. The van der Waals surface area contributed by atoms with Gasteiger partial charge in [-0.2, -0.15) is 0 Å². The molecule has 1 saturated heterocycles. The first-order valence-corrected chi connectivity index (χ1v) is 6.80. The molecule has 0 aromatic carbocycles. The second kappa shape index (κ2) is 6.02. The number of hydrogen-bond acceptors (Lipinski definition) is 3. The number of nitrogens with one attached hydrogen (secondary N) is 1. The Hall–Kier alpha value is -1.62. The van der Waals surface area contributed by atoms with Gasteiger partial charge in [0.1, 0.15) is 0 Å². The molecular weight excluding hydrogens is 242 g/mol. The van der Waals surface area contributed by atoms with Crippen LogP contribution in [-0.2, 0) is 0 Å². The molecular formula is C14H21N3O2. The smallest absolute Gasteiger partial charge is 0.255 e. The predicted octanol–water partition coefficient (Wildman–Crippen LogP) is 0.931. The summed E-state index contributed by atoms with van der Waals surface area (Å²) in [5.41, 5.74) is 0.343. The van der Waals surface area contributed by atoms with E-state index in [1.807, 2.05) is 7.05 Å². The van der Waals surface area contributed by atoms with Crippen molar-refractivity contribution < 1.29 is 4.79 Å². The van der Waals surface area contributed by atoms with Crippen LogP contribution in [0.25, 0.3) is 0 Å². The molecule has 19 heavy (non-hydrogen) atoms. The molecule has 0 bridgehead atoms. The summed E-state index contributed by atoms with van der Waals surface area (Å²) in [7, 11) is 1.82. The fourth-order valence-electron chi connectivity index (χ4n) is 2.68. The van der Waals surface area contributed by atoms with E-state index in [-0.39, 0.29) is 11.5 Å². The number of carbonyl (C=O) groups is 1. The van der Waals surface area contributed by atoms with Crippen LogP contribution in [0.4, 0.5) is 0 Å². The van der Waals surface area contributed by atoms with Crippen LogP contribution in [0, 0.1) is 0 Å². The fourth-order valence-corrected chi connectivity index (χ4v) is 2.68. The molecule has 0 radical (unpaired) electrons. The highest BCUT2D eigenvalue weighted by Crippen LogP contribution is 2.17. The Balaban J connectivity index is 1.99. The van der Waals surface area contributed by atoms with Crippen LogP contribution in [-0.4, -0.2) is 53.4 Å². The summed E-state index contributed by atoms with van der Waals surface area (Å²) in [6.45, 7) is 5.06. The van der Waals surface area contributed by atoms with Crippen molar-refractivity contribution >= 4 is 5.91 Å². The van der Waals surface area contributed by atoms with Gasteiger partial charge in [0.25, 0.3) is 5.91 Å². The van der Waals surface area contributed by atoms with Crippen LogP contribution in [0.15, 0.2) is 23.1 Å². The third kappa shape index (κ3) is 3.23. The molecule has 0 aliphatic carbocycles. The second-order valence-corrected chi connectivity index (χ2v) is 5.05. The van der Waals surface area contributed by atoms with Gasteiger partial charge in [-0.15, -0.1) is 0 Å². The van der Waals surface area contributed by atoms with Crippen molar-refractivity contribution in [2.45, 2.75) is 25.8 Å². The van der Waals surface area contributed by atoms with Crippen molar-refractivity contribution in [3.63, 3.8) is 0 Å². The van der Waals surface area contributed by atoms with E-state index in [0.717, 1.165) is 26.1 Å². The number of aromatic nitrogens is 1. The van der Waals surface area contributed by atoms with E-state index in [9.17, 15) is 9.59 Å². The summed E-state index contributed by atoms with van der Waals surface area (Å²) >= 11 is 0. The SMILES string of the molecule is CCN1CCCC1CN(C)C(=O)c1ccc(=O)[nH]c1. The maximum Gasteiger partial charge on any atom is 0.255 e. The molecule has 104 valence electrons. The van der Waals surface area contributed by atoms with Gasteiger partial charge >= 0.3 is 0 Å². The van der Waals surface area contributed by atoms with Crippen molar-refractivity contribution in [1.29, 1.82) is 0 Å². The second-order valence-electron chi connectivity index (χ2n) is 5.05. The van der Waals surface area contributed by atoms with Crippen LogP contribution in [0.5, 0.6) is 0 Å². The molecule has 1 amide bonds. The van der Waals surface area contributed by atoms with Gasteiger partial charge in [-0.1, -0.05) is 6.92 Å². The number of likely N-dealkylation sites (N-methyl/N-ethyl adjacent to an activating group) is 2. The average molecular weight is 263 g/mol. The predicted molar refractivity (Wildman–Crippen MR) is 74.3 cm³/mol. The van der Waals surface area contributed by atoms with E-state index in [4.69, 9.17) is 0 Å².